The van der Waals surface area contributed by atoms with Crippen molar-refractivity contribution in [2.45, 2.75) is 32.0 Å². The molecular weight excluding hydrogens is 314 g/mol. The number of phenols is 1. The summed E-state index contributed by atoms with van der Waals surface area (Å²) in [5.41, 5.74) is 4.28. The van der Waals surface area contributed by atoms with Crippen LogP contribution in [-0.2, 0) is 11.3 Å². The van der Waals surface area contributed by atoms with Crippen LogP contribution in [0.1, 0.15) is 17.7 Å². The van der Waals surface area contributed by atoms with Gasteiger partial charge in [-0.05, 0) is 25.0 Å². The lowest BCUT2D eigenvalue weighted by Gasteiger charge is -2.12. The van der Waals surface area contributed by atoms with E-state index in [9.17, 15) is 15.0 Å². The molecule has 0 radical (unpaired) electrons. The van der Waals surface area contributed by atoms with Gasteiger partial charge >= 0.3 is 0 Å². The molecule has 1 saturated heterocycles. The second-order valence-electron chi connectivity index (χ2n) is 5.68. The van der Waals surface area contributed by atoms with Crippen LogP contribution >= 0.6 is 11.3 Å². The van der Waals surface area contributed by atoms with Crippen molar-refractivity contribution >= 4 is 17.2 Å². The summed E-state index contributed by atoms with van der Waals surface area (Å²) >= 11 is 1.53. The minimum Gasteiger partial charge on any atom is -0.508 e. The molecule has 1 aliphatic rings. The average Bonchev–Trinajstić information content (AvgIpc) is 3.14. The van der Waals surface area contributed by atoms with Crippen LogP contribution in [0.25, 0.3) is 10.4 Å². The summed E-state index contributed by atoms with van der Waals surface area (Å²) < 4.78 is 0. The number of nitrogens with one attached hydrogen (secondary N) is 2. The van der Waals surface area contributed by atoms with E-state index >= 15 is 0 Å². The second kappa shape index (κ2) is 6.66. The zero-order valence-corrected chi connectivity index (χ0v) is 13.6. The van der Waals surface area contributed by atoms with Crippen LogP contribution in [-0.4, -0.2) is 39.8 Å². The molecule has 6 nitrogen and oxygen atoms in total. The van der Waals surface area contributed by atoms with Gasteiger partial charge in [-0.1, -0.05) is 12.1 Å². The fourth-order valence-corrected chi connectivity index (χ4v) is 3.46. The van der Waals surface area contributed by atoms with Gasteiger partial charge in [0.25, 0.3) is 0 Å². The highest BCUT2D eigenvalue weighted by Gasteiger charge is 2.27. The SMILES string of the molecule is Cc1ncsc1-c1ccc(CNC(=O)[C@@H]2C[C@@H](O)CN2)c(O)c1. The molecule has 2 aromatic rings. The summed E-state index contributed by atoms with van der Waals surface area (Å²) in [6.07, 6.45) is -0.0532. The molecule has 4 N–H and O–H groups in total. The van der Waals surface area contributed by atoms with E-state index in [1.165, 1.54) is 11.3 Å². The number of aliphatic hydroxyl groups excluding tert-OH is 1. The van der Waals surface area contributed by atoms with E-state index in [0.717, 1.165) is 16.1 Å². The molecule has 1 aliphatic heterocycles. The van der Waals surface area contributed by atoms with E-state index in [1.807, 2.05) is 13.0 Å². The number of hydrogen-bond donors (Lipinski definition) is 4. The number of thiazole rings is 1. The first-order valence-corrected chi connectivity index (χ1v) is 8.34. The monoisotopic (exact) mass is 333 g/mol. The Morgan fingerprint density at radius 2 is 2.35 bits per heavy atom. The fourth-order valence-electron chi connectivity index (χ4n) is 2.66. The van der Waals surface area contributed by atoms with Crippen molar-refractivity contribution in [1.29, 1.82) is 0 Å². The third-order valence-corrected chi connectivity index (χ3v) is 4.95. The maximum Gasteiger partial charge on any atom is 0.237 e. The predicted molar refractivity (Wildman–Crippen MR) is 88.2 cm³/mol. The van der Waals surface area contributed by atoms with Crippen molar-refractivity contribution in [3.63, 3.8) is 0 Å². The molecule has 1 amide bonds. The summed E-state index contributed by atoms with van der Waals surface area (Å²) in [6, 6.07) is 5.05. The normalized spacial score (nSPS) is 20.6. The summed E-state index contributed by atoms with van der Waals surface area (Å²) in [6.45, 7) is 2.62. The third kappa shape index (κ3) is 3.52. The van der Waals surface area contributed by atoms with Crippen molar-refractivity contribution in [1.82, 2.24) is 15.6 Å². The number of amides is 1. The lowest BCUT2D eigenvalue weighted by Crippen LogP contribution is -2.40. The number of aliphatic hydroxyl groups is 1. The van der Waals surface area contributed by atoms with Gasteiger partial charge in [0.1, 0.15) is 5.75 Å². The van der Waals surface area contributed by atoms with Crippen LogP contribution in [0.3, 0.4) is 0 Å². The smallest absolute Gasteiger partial charge is 0.237 e. The first kappa shape index (κ1) is 15.9. The lowest BCUT2D eigenvalue weighted by molar-refractivity contribution is -0.123. The fraction of sp³-hybridized carbons (Fsp3) is 0.375. The predicted octanol–water partition coefficient (Wildman–Crippen LogP) is 1.16. The Morgan fingerprint density at radius 3 is 2.96 bits per heavy atom. The van der Waals surface area contributed by atoms with Gasteiger partial charge in [0.05, 0.1) is 28.2 Å². The molecule has 0 bridgehead atoms. The molecule has 7 heteroatoms. The number of benzene rings is 1. The molecule has 0 aliphatic carbocycles. The van der Waals surface area contributed by atoms with Crippen molar-refractivity contribution in [3.8, 4) is 16.2 Å². The molecule has 0 saturated carbocycles. The van der Waals surface area contributed by atoms with Gasteiger partial charge in [-0.3, -0.25) is 4.79 Å². The number of aryl methyl sites for hydroxylation is 1. The average molecular weight is 333 g/mol. The first-order valence-electron chi connectivity index (χ1n) is 7.46. The second-order valence-corrected chi connectivity index (χ2v) is 6.53. The van der Waals surface area contributed by atoms with Gasteiger partial charge in [0.2, 0.25) is 5.91 Å². The largest absolute Gasteiger partial charge is 0.508 e. The number of carbonyl (C=O) groups excluding carboxylic acids is 1. The van der Waals surface area contributed by atoms with Crippen molar-refractivity contribution in [2.24, 2.45) is 0 Å². The Bertz CT molecular complexity index is 716. The maximum absolute atomic E-state index is 12.0. The summed E-state index contributed by atoms with van der Waals surface area (Å²) in [4.78, 5) is 17.2. The van der Waals surface area contributed by atoms with Gasteiger partial charge in [-0.2, -0.15) is 0 Å². The molecule has 1 aromatic heterocycles. The maximum atomic E-state index is 12.0. The van der Waals surface area contributed by atoms with Gasteiger partial charge in [-0.15, -0.1) is 11.3 Å². The number of hydrogen-bond acceptors (Lipinski definition) is 6. The number of phenolic OH excluding ortho intramolecular Hbond substituents is 1. The number of aromatic hydroxyl groups is 1. The highest BCUT2D eigenvalue weighted by Crippen LogP contribution is 2.31. The van der Waals surface area contributed by atoms with Gasteiger partial charge in [0.15, 0.2) is 0 Å². The molecule has 1 aromatic carbocycles. The number of aromatic nitrogens is 1. The van der Waals surface area contributed by atoms with E-state index in [2.05, 4.69) is 15.6 Å². The summed E-state index contributed by atoms with van der Waals surface area (Å²) in [5, 5.41) is 25.4. The molecule has 0 spiro atoms. The van der Waals surface area contributed by atoms with Crippen LogP contribution in [0.5, 0.6) is 5.75 Å². The first-order chi connectivity index (χ1) is 11.0. The Hall–Kier alpha value is -1.96. The Morgan fingerprint density at radius 1 is 1.52 bits per heavy atom. The van der Waals surface area contributed by atoms with Crippen molar-refractivity contribution in [2.75, 3.05) is 6.54 Å². The summed E-state index contributed by atoms with van der Waals surface area (Å²) in [5.74, 6) is -0.0154. The zero-order valence-electron chi connectivity index (χ0n) is 12.7. The molecule has 122 valence electrons. The zero-order chi connectivity index (χ0) is 16.4. The molecule has 1 fully saturated rings. The minimum absolute atomic E-state index is 0.148. The highest BCUT2D eigenvalue weighted by atomic mass is 32.1. The van der Waals surface area contributed by atoms with Crippen LogP contribution in [0.2, 0.25) is 0 Å². The number of nitrogens with zero attached hydrogens (tertiary/aromatic N) is 1. The Kier molecular flexibility index (Phi) is 4.61. The van der Waals surface area contributed by atoms with Gasteiger partial charge in [0, 0.05) is 18.7 Å². The third-order valence-electron chi connectivity index (χ3n) is 3.97. The molecule has 2 atom stereocenters. The summed E-state index contributed by atoms with van der Waals surface area (Å²) in [7, 11) is 0. The number of carbonyl (C=O) groups is 1. The van der Waals surface area contributed by atoms with E-state index in [4.69, 9.17) is 0 Å². The Labute approximate surface area is 138 Å². The van der Waals surface area contributed by atoms with Crippen LogP contribution in [0.4, 0.5) is 0 Å². The van der Waals surface area contributed by atoms with Gasteiger partial charge in [-0.25, -0.2) is 4.98 Å². The Balaban J connectivity index is 1.65. The van der Waals surface area contributed by atoms with Crippen LogP contribution in [0.15, 0.2) is 23.7 Å². The highest BCUT2D eigenvalue weighted by molar-refractivity contribution is 7.13. The van der Waals surface area contributed by atoms with Crippen LogP contribution < -0.4 is 10.6 Å². The molecule has 0 unspecified atom stereocenters. The quantitative estimate of drug-likeness (QED) is 0.674. The van der Waals surface area contributed by atoms with Gasteiger partial charge < -0.3 is 20.8 Å². The van der Waals surface area contributed by atoms with E-state index < -0.39 is 6.10 Å². The van der Waals surface area contributed by atoms with Crippen molar-refractivity contribution in [3.05, 3.63) is 35.0 Å². The topological polar surface area (TPSA) is 94.5 Å². The molecule has 3 rings (SSSR count). The number of β-amino-alcohol motifs (C(OH)–C–C–N with tert-alkyl or cyclic N) is 1. The number of rotatable bonds is 4. The molecule has 23 heavy (non-hydrogen) atoms. The van der Waals surface area contributed by atoms with E-state index in [-0.39, 0.29) is 24.2 Å². The van der Waals surface area contributed by atoms with Crippen LogP contribution in [0, 0.1) is 6.92 Å². The van der Waals surface area contributed by atoms with Crippen molar-refractivity contribution < 1.29 is 15.0 Å². The standard InChI is InChI=1S/C16H19N3O3S/c1-9-15(23-8-19-9)10-2-3-11(14(21)4-10)6-18-16(22)13-5-12(20)7-17-13/h2-4,8,12-13,17,20-21H,5-7H2,1H3,(H,18,22)/t12-,13+/m1/s1. The molecular formula is C16H19N3O3S. The lowest BCUT2D eigenvalue weighted by atomic mass is 10.1. The van der Waals surface area contributed by atoms with E-state index in [1.54, 1.807) is 17.6 Å². The molecule has 2 heterocycles. The minimum atomic E-state index is -0.471. The van der Waals surface area contributed by atoms with E-state index in [0.29, 0.717) is 18.5 Å².